The Hall–Kier alpha value is -2.75. The number of carbonyl (C=O) groups excluding carboxylic acids is 1. The molecule has 2 aromatic rings. The zero-order valence-corrected chi connectivity index (χ0v) is 11.8. The van der Waals surface area contributed by atoms with Crippen molar-refractivity contribution in [2.75, 3.05) is 19.5 Å². The van der Waals surface area contributed by atoms with Gasteiger partial charge in [0.1, 0.15) is 11.5 Å². The Labute approximate surface area is 123 Å². The Bertz CT molecular complexity index is 712. The van der Waals surface area contributed by atoms with Gasteiger partial charge in [0.15, 0.2) is 0 Å². The molecule has 0 radical (unpaired) electrons. The van der Waals surface area contributed by atoms with Crippen LogP contribution in [0.2, 0.25) is 0 Å². The molecule has 21 heavy (non-hydrogen) atoms. The molecule has 0 saturated carbocycles. The van der Waals surface area contributed by atoms with E-state index in [4.69, 9.17) is 9.47 Å². The standard InChI is InChI=1S/C17H15NO3/c1-20-12-7-11(8-13(10-12)21-2)9-16-17(19)14-5-3-4-6-15(14)18-16/h3-10,18H,1-2H3. The minimum atomic E-state index is -0.00705. The maximum atomic E-state index is 12.3. The summed E-state index contributed by atoms with van der Waals surface area (Å²) in [6, 6.07) is 13.0. The van der Waals surface area contributed by atoms with Gasteiger partial charge in [-0.2, -0.15) is 0 Å². The molecule has 0 amide bonds. The molecule has 106 valence electrons. The molecule has 4 heteroatoms. The highest BCUT2D eigenvalue weighted by atomic mass is 16.5. The van der Waals surface area contributed by atoms with Crippen molar-refractivity contribution in [3.8, 4) is 11.5 Å². The van der Waals surface area contributed by atoms with Crippen LogP contribution in [0.3, 0.4) is 0 Å². The Morgan fingerprint density at radius 2 is 1.67 bits per heavy atom. The number of methoxy groups -OCH3 is 2. The van der Waals surface area contributed by atoms with Crippen LogP contribution in [0.4, 0.5) is 5.69 Å². The van der Waals surface area contributed by atoms with Crippen molar-refractivity contribution < 1.29 is 14.3 Å². The number of anilines is 1. The van der Waals surface area contributed by atoms with Crippen LogP contribution in [0, 0.1) is 0 Å². The second-order valence-corrected chi connectivity index (χ2v) is 4.70. The Balaban J connectivity index is 1.99. The van der Waals surface area contributed by atoms with Gasteiger partial charge in [0.05, 0.1) is 19.9 Å². The molecule has 0 aromatic heterocycles. The first kappa shape index (κ1) is 13.2. The van der Waals surface area contributed by atoms with E-state index in [9.17, 15) is 4.79 Å². The lowest BCUT2D eigenvalue weighted by Crippen LogP contribution is -2.00. The number of rotatable bonds is 3. The quantitative estimate of drug-likeness (QED) is 0.876. The van der Waals surface area contributed by atoms with Gasteiger partial charge in [-0.3, -0.25) is 4.79 Å². The van der Waals surface area contributed by atoms with Gasteiger partial charge in [-0.1, -0.05) is 12.1 Å². The van der Waals surface area contributed by atoms with Crippen molar-refractivity contribution in [1.82, 2.24) is 0 Å². The number of ketones is 1. The van der Waals surface area contributed by atoms with Crippen LogP contribution in [0.15, 0.2) is 48.2 Å². The van der Waals surface area contributed by atoms with Gasteiger partial charge in [-0.05, 0) is 35.9 Å². The second kappa shape index (κ2) is 5.32. The monoisotopic (exact) mass is 281 g/mol. The van der Waals surface area contributed by atoms with Gasteiger partial charge < -0.3 is 14.8 Å². The zero-order valence-electron chi connectivity index (χ0n) is 11.8. The van der Waals surface area contributed by atoms with Crippen molar-refractivity contribution in [2.45, 2.75) is 0 Å². The van der Waals surface area contributed by atoms with Crippen LogP contribution < -0.4 is 14.8 Å². The molecule has 1 aliphatic heterocycles. The van der Waals surface area contributed by atoms with Crippen LogP contribution in [0.1, 0.15) is 15.9 Å². The molecule has 0 aliphatic carbocycles. The molecular formula is C17H15NO3. The molecule has 0 fully saturated rings. The van der Waals surface area contributed by atoms with E-state index in [1.165, 1.54) is 0 Å². The molecule has 4 nitrogen and oxygen atoms in total. The first-order chi connectivity index (χ1) is 10.2. The van der Waals surface area contributed by atoms with E-state index >= 15 is 0 Å². The van der Waals surface area contributed by atoms with Crippen LogP contribution in [-0.4, -0.2) is 20.0 Å². The third-order valence-electron chi connectivity index (χ3n) is 3.37. The van der Waals surface area contributed by atoms with Crippen molar-refractivity contribution in [3.05, 3.63) is 59.3 Å². The lowest BCUT2D eigenvalue weighted by molar-refractivity contribution is 0.104. The number of fused-ring (bicyclic) bond motifs is 1. The summed E-state index contributed by atoms with van der Waals surface area (Å²) in [4.78, 5) is 12.3. The van der Waals surface area contributed by atoms with E-state index in [1.807, 2.05) is 36.4 Å². The highest BCUT2D eigenvalue weighted by Gasteiger charge is 2.23. The molecule has 2 aromatic carbocycles. The first-order valence-corrected chi connectivity index (χ1v) is 6.57. The summed E-state index contributed by atoms with van der Waals surface area (Å²) in [5.41, 5.74) is 2.92. The van der Waals surface area contributed by atoms with Gasteiger partial charge in [-0.25, -0.2) is 0 Å². The number of hydrogen-bond donors (Lipinski definition) is 1. The highest BCUT2D eigenvalue weighted by Crippen LogP contribution is 2.30. The molecule has 1 aliphatic rings. The molecule has 1 heterocycles. The predicted molar refractivity (Wildman–Crippen MR) is 81.9 cm³/mol. The average Bonchev–Trinajstić information content (AvgIpc) is 2.83. The van der Waals surface area contributed by atoms with Crippen molar-refractivity contribution in [2.24, 2.45) is 0 Å². The number of Topliss-reactive ketones (excluding diaryl/α,β-unsaturated/α-hetero) is 1. The van der Waals surface area contributed by atoms with Gasteiger partial charge >= 0.3 is 0 Å². The van der Waals surface area contributed by atoms with Crippen LogP contribution in [0.25, 0.3) is 6.08 Å². The largest absolute Gasteiger partial charge is 0.497 e. The van der Waals surface area contributed by atoms with E-state index in [0.717, 1.165) is 11.3 Å². The normalized spacial score (nSPS) is 14.8. The number of hydrogen-bond acceptors (Lipinski definition) is 4. The van der Waals surface area contributed by atoms with Gasteiger partial charge in [0, 0.05) is 17.3 Å². The third kappa shape index (κ3) is 2.48. The topological polar surface area (TPSA) is 47.6 Å². The fourth-order valence-electron chi connectivity index (χ4n) is 2.32. The summed E-state index contributed by atoms with van der Waals surface area (Å²) < 4.78 is 10.5. The Morgan fingerprint density at radius 1 is 1.00 bits per heavy atom. The van der Waals surface area contributed by atoms with Crippen LogP contribution >= 0.6 is 0 Å². The maximum absolute atomic E-state index is 12.3. The van der Waals surface area contributed by atoms with Gasteiger partial charge in [0.2, 0.25) is 5.78 Å². The smallest absolute Gasteiger partial charge is 0.211 e. The summed E-state index contributed by atoms with van der Waals surface area (Å²) in [5.74, 6) is 1.36. The molecule has 0 bridgehead atoms. The lowest BCUT2D eigenvalue weighted by Gasteiger charge is -2.06. The predicted octanol–water partition coefficient (Wildman–Crippen LogP) is 3.35. The Kier molecular flexibility index (Phi) is 3.36. The summed E-state index contributed by atoms with van der Waals surface area (Å²) in [5, 5.41) is 3.14. The van der Waals surface area contributed by atoms with E-state index < -0.39 is 0 Å². The SMILES string of the molecule is COc1cc(C=C2Nc3ccccc3C2=O)cc(OC)c1. The molecule has 0 unspecified atom stereocenters. The number of allylic oxidation sites excluding steroid dienone is 1. The van der Waals surface area contributed by atoms with E-state index in [0.29, 0.717) is 22.8 Å². The van der Waals surface area contributed by atoms with Gasteiger partial charge in [0.25, 0.3) is 0 Å². The molecule has 3 rings (SSSR count). The average molecular weight is 281 g/mol. The number of ether oxygens (including phenoxy) is 2. The fourth-order valence-corrected chi connectivity index (χ4v) is 2.32. The molecule has 0 saturated heterocycles. The Morgan fingerprint density at radius 3 is 2.29 bits per heavy atom. The number of benzene rings is 2. The highest BCUT2D eigenvalue weighted by molar-refractivity contribution is 6.20. The number of para-hydroxylation sites is 1. The third-order valence-corrected chi connectivity index (χ3v) is 3.37. The number of nitrogens with one attached hydrogen (secondary N) is 1. The van der Waals surface area contributed by atoms with E-state index in [2.05, 4.69) is 5.32 Å². The van der Waals surface area contributed by atoms with Crippen LogP contribution in [-0.2, 0) is 0 Å². The zero-order chi connectivity index (χ0) is 14.8. The molecule has 0 atom stereocenters. The minimum absolute atomic E-state index is 0.00705. The summed E-state index contributed by atoms with van der Waals surface area (Å²) in [6.07, 6.45) is 1.80. The lowest BCUT2D eigenvalue weighted by atomic mass is 10.1. The maximum Gasteiger partial charge on any atom is 0.211 e. The second-order valence-electron chi connectivity index (χ2n) is 4.70. The summed E-state index contributed by atoms with van der Waals surface area (Å²) in [7, 11) is 3.20. The van der Waals surface area contributed by atoms with E-state index in [-0.39, 0.29) is 5.78 Å². The van der Waals surface area contributed by atoms with Gasteiger partial charge in [-0.15, -0.1) is 0 Å². The van der Waals surface area contributed by atoms with Crippen molar-refractivity contribution >= 4 is 17.5 Å². The number of carbonyl (C=O) groups is 1. The van der Waals surface area contributed by atoms with Crippen molar-refractivity contribution in [1.29, 1.82) is 0 Å². The van der Waals surface area contributed by atoms with Crippen LogP contribution in [0.5, 0.6) is 11.5 Å². The molecule has 1 N–H and O–H groups in total. The summed E-state index contributed by atoms with van der Waals surface area (Å²) >= 11 is 0. The fraction of sp³-hybridized carbons (Fsp3) is 0.118. The van der Waals surface area contributed by atoms with E-state index in [1.54, 1.807) is 26.4 Å². The first-order valence-electron chi connectivity index (χ1n) is 6.57. The van der Waals surface area contributed by atoms with Crippen molar-refractivity contribution in [3.63, 3.8) is 0 Å². The molecular weight excluding hydrogens is 266 g/mol. The molecule has 0 spiro atoms. The minimum Gasteiger partial charge on any atom is -0.497 e. The summed E-state index contributed by atoms with van der Waals surface area (Å²) in [6.45, 7) is 0.